The van der Waals surface area contributed by atoms with E-state index in [-0.39, 0.29) is 16.9 Å². The number of nitrogens with one attached hydrogen (secondary N) is 2. The van der Waals surface area contributed by atoms with Gasteiger partial charge in [0.15, 0.2) is 0 Å². The van der Waals surface area contributed by atoms with Gasteiger partial charge in [0.2, 0.25) is 0 Å². The van der Waals surface area contributed by atoms with Gasteiger partial charge in [-0.05, 0) is 48.7 Å². The van der Waals surface area contributed by atoms with Crippen LogP contribution in [0.1, 0.15) is 24.0 Å². The second kappa shape index (κ2) is 6.79. The maximum atomic E-state index is 13.0. The highest BCUT2D eigenvalue weighted by molar-refractivity contribution is 6.31. The van der Waals surface area contributed by atoms with Crippen molar-refractivity contribution in [2.24, 2.45) is 0 Å². The lowest BCUT2D eigenvalue weighted by atomic mass is 9.96. The number of rotatable bonds is 4. The first-order valence-corrected chi connectivity index (χ1v) is 8.25. The van der Waals surface area contributed by atoms with Crippen LogP contribution in [0.2, 0.25) is 5.02 Å². The van der Waals surface area contributed by atoms with Crippen LogP contribution in [0.5, 0.6) is 0 Å². The van der Waals surface area contributed by atoms with Gasteiger partial charge < -0.3 is 10.6 Å². The first-order chi connectivity index (χ1) is 12.2. The molecule has 0 heterocycles. The molecule has 2 N–H and O–H groups in total. The number of carbonyl (C=O) groups excluding carboxylic acids is 1. The van der Waals surface area contributed by atoms with Crippen LogP contribution in [0.4, 0.5) is 28.0 Å². The Hall–Kier alpha value is -2.28. The Morgan fingerprint density at radius 2 is 1.77 bits per heavy atom. The number of amides is 2. The van der Waals surface area contributed by atoms with Crippen molar-refractivity contribution in [2.45, 2.75) is 24.4 Å². The van der Waals surface area contributed by atoms with E-state index in [0.29, 0.717) is 6.54 Å². The van der Waals surface area contributed by atoms with Crippen molar-refractivity contribution < 1.29 is 22.4 Å². The van der Waals surface area contributed by atoms with Gasteiger partial charge in [-0.1, -0.05) is 23.7 Å². The second-order valence-electron chi connectivity index (χ2n) is 6.29. The number of carbonyl (C=O) groups is 1. The molecule has 8 heteroatoms. The minimum Gasteiger partial charge on any atom is -0.337 e. The molecule has 1 aliphatic carbocycles. The molecule has 0 spiro atoms. The molecule has 0 atom stereocenters. The lowest BCUT2D eigenvalue weighted by Gasteiger charge is -2.17. The van der Waals surface area contributed by atoms with Crippen LogP contribution in [0.25, 0.3) is 0 Å². The summed E-state index contributed by atoms with van der Waals surface area (Å²) in [4.78, 5) is 12.0. The van der Waals surface area contributed by atoms with Crippen molar-refractivity contribution in [1.29, 1.82) is 0 Å². The summed E-state index contributed by atoms with van der Waals surface area (Å²) in [6.45, 7) is 0.310. The van der Waals surface area contributed by atoms with E-state index in [4.69, 9.17) is 11.6 Å². The summed E-state index contributed by atoms with van der Waals surface area (Å²) < 4.78 is 51.6. The Labute approximate surface area is 152 Å². The monoisotopic (exact) mass is 386 g/mol. The highest BCUT2D eigenvalue weighted by atomic mass is 35.5. The van der Waals surface area contributed by atoms with E-state index in [1.807, 2.05) is 0 Å². The average Bonchev–Trinajstić information content (AvgIpc) is 3.35. The van der Waals surface area contributed by atoms with Crippen LogP contribution in [-0.4, -0.2) is 12.6 Å². The van der Waals surface area contributed by atoms with Crippen molar-refractivity contribution in [3.8, 4) is 0 Å². The first-order valence-electron chi connectivity index (χ1n) is 7.87. The van der Waals surface area contributed by atoms with Gasteiger partial charge in [-0.2, -0.15) is 13.2 Å². The SMILES string of the molecule is O=C(NCC1(c2ccc(F)cc2)CC1)Nc1ccc(Cl)c(C(F)(F)F)c1. The fourth-order valence-electron chi connectivity index (χ4n) is 2.77. The van der Waals surface area contributed by atoms with Gasteiger partial charge in [0.25, 0.3) is 0 Å². The lowest BCUT2D eigenvalue weighted by molar-refractivity contribution is -0.137. The molecule has 3 nitrogen and oxygen atoms in total. The summed E-state index contributed by atoms with van der Waals surface area (Å²) in [6.07, 6.45) is -2.91. The van der Waals surface area contributed by atoms with Crippen molar-refractivity contribution in [3.05, 3.63) is 64.4 Å². The maximum Gasteiger partial charge on any atom is 0.417 e. The van der Waals surface area contributed by atoms with Crippen molar-refractivity contribution in [1.82, 2.24) is 5.32 Å². The zero-order valence-corrected chi connectivity index (χ0v) is 14.2. The topological polar surface area (TPSA) is 41.1 Å². The van der Waals surface area contributed by atoms with Crippen molar-refractivity contribution in [2.75, 3.05) is 11.9 Å². The predicted octanol–water partition coefficient (Wildman–Crippen LogP) is 5.35. The molecule has 0 aliphatic heterocycles. The van der Waals surface area contributed by atoms with Gasteiger partial charge in [-0.25, -0.2) is 9.18 Å². The summed E-state index contributed by atoms with van der Waals surface area (Å²) >= 11 is 5.55. The van der Waals surface area contributed by atoms with Gasteiger partial charge >= 0.3 is 12.2 Å². The smallest absolute Gasteiger partial charge is 0.337 e. The molecule has 0 aromatic heterocycles. The van der Waals surface area contributed by atoms with E-state index in [1.165, 1.54) is 18.2 Å². The standard InChI is InChI=1S/C18H15ClF4N2O/c19-15-6-5-13(9-14(15)18(21,22)23)25-16(26)24-10-17(7-8-17)11-1-3-12(20)4-2-11/h1-6,9H,7-8,10H2,(H2,24,25,26). The third-order valence-corrected chi connectivity index (χ3v) is 4.76. The Bertz CT molecular complexity index is 817. The zero-order chi connectivity index (χ0) is 18.9. The van der Waals surface area contributed by atoms with Crippen LogP contribution < -0.4 is 10.6 Å². The molecule has 3 rings (SSSR count). The highest BCUT2D eigenvalue weighted by Crippen LogP contribution is 2.47. The fraction of sp³-hybridized carbons (Fsp3) is 0.278. The number of urea groups is 1. The number of benzene rings is 2. The quantitative estimate of drug-likeness (QED) is 0.683. The largest absolute Gasteiger partial charge is 0.417 e. The molecule has 2 aromatic rings. The Kier molecular flexibility index (Phi) is 4.84. The molecule has 2 aromatic carbocycles. The molecule has 0 unspecified atom stereocenters. The summed E-state index contributed by atoms with van der Waals surface area (Å²) in [6, 6.07) is 8.63. The molecule has 0 saturated heterocycles. The molecule has 2 amide bonds. The van der Waals surface area contributed by atoms with Crippen molar-refractivity contribution in [3.63, 3.8) is 0 Å². The molecular weight excluding hydrogens is 372 g/mol. The summed E-state index contributed by atoms with van der Waals surface area (Å²) in [7, 11) is 0. The van der Waals surface area contributed by atoms with Gasteiger partial charge in [-0.15, -0.1) is 0 Å². The number of anilines is 1. The second-order valence-corrected chi connectivity index (χ2v) is 6.69. The molecule has 26 heavy (non-hydrogen) atoms. The van der Waals surface area contributed by atoms with E-state index >= 15 is 0 Å². The summed E-state index contributed by atoms with van der Waals surface area (Å²) in [5.41, 5.74) is -0.347. The van der Waals surface area contributed by atoms with Crippen molar-refractivity contribution >= 4 is 23.3 Å². The average molecular weight is 387 g/mol. The third-order valence-electron chi connectivity index (χ3n) is 4.43. The molecule has 0 radical (unpaired) electrons. The van der Waals surface area contributed by atoms with Gasteiger partial charge in [0.1, 0.15) is 5.82 Å². The molecule has 1 saturated carbocycles. The van der Waals surface area contributed by atoms with E-state index in [2.05, 4.69) is 10.6 Å². The van der Waals surface area contributed by atoms with E-state index in [1.54, 1.807) is 12.1 Å². The predicted molar refractivity (Wildman–Crippen MR) is 90.8 cm³/mol. The number of hydrogen-bond donors (Lipinski definition) is 2. The molecular formula is C18H15ClF4N2O. The fourth-order valence-corrected chi connectivity index (χ4v) is 2.99. The summed E-state index contributed by atoms with van der Waals surface area (Å²) in [5, 5.41) is 4.60. The molecule has 1 aliphatic rings. The van der Waals surface area contributed by atoms with E-state index in [0.717, 1.165) is 30.5 Å². The number of alkyl halides is 3. The summed E-state index contributed by atoms with van der Waals surface area (Å²) in [5.74, 6) is -0.335. The molecule has 0 bridgehead atoms. The van der Waals surface area contributed by atoms with Gasteiger partial charge in [0.05, 0.1) is 10.6 Å². The van der Waals surface area contributed by atoms with E-state index < -0.39 is 22.8 Å². The first kappa shape index (κ1) is 18.5. The van der Waals surface area contributed by atoms with Crippen LogP contribution in [-0.2, 0) is 11.6 Å². The van der Waals surface area contributed by atoms with Crippen LogP contribution in [0.3, 0.4) is 0 Å². The van der Waals surface area contributed by atoms with Crippen LogP contribution in [0, 0.1) is 5.82 Å². The van der Waals surface area contributed by atoms with Crippen LogP contribution >= 0.6 is 11.6 Å². The lowest BCUT2D eigenvalue weighted by Crippen LogP contribution is -2.35. The van der Waals surface area contributed by atoms with Crippen LogP contribution in [0.15, 0.2) is 42.5 Å². The molecule has 138 valence electrons. The Morgan fingerprint density at radius 3 is 2.35 bits per heavy atom. The van der Waals surface area contributed by atoms with Gasteiger partial charge in [-0.3, -0.25) is 0 Å². The normalized spacial score (nSPS) is 15.4. The molecule has 1 fully saturated rings. The number of halogens is 5. The Morgan fingerprint density at radius 1 is 1.12 bits per heavy atom. The third kappa shape index (κ3) is 4.09. The maximum absolute atomic E-state index is 13.0. The minimum atomic E-state index is -4.61. The zero-order valence-electron chi connectivity index (χ0n) is 13.5. The van der Waals surface area contributed by atoms with Gasteiger partial charge in [0, 0.05) is 17.6 Å². The highest BCUT2D eigenvalue weighted by Gasteiger charge is 2.44. The Balaban J connectivity index is 1.62. The number of hydrogen-bond acceptors (Lipinski definition) is 1. The minimum absolute atomic E-state index is 0.00847. The van der Waals surface area contributed by atoms with E-state index in [9.17, 15) is 22.4 Å².